The van der Waals surface area contributed by atoms with E-state index in [0.717, 1.165) is 28.3 Å². The van der Waals surface area contributed by atoms with Gasteiger partial charge in [-0.3, -0.25) is 0 Å². The molecule has 0 N–H and O–H groups in total. The van der Waals surface area contributed by atoms with Crippen LogP contribution in [0.4, 0.5) is 34.1 Å². The number of para-hydroxylation sites is 1. The third-order valence-corrected chi connectivity index (χ3v) is 16.5. The van der Waals surface area contributed by atoms with Crippen LogP contribution in [0, 0.1) is 0 Å². The summed E-state index contributed by atoms with van der Waals surface area (Å²) in [6, 6.07) is 101. The van der Waals surface area contributed by atoms with Gasteiger partial charge >= 0.3 is 0 Å². The number of nitrogens with zero attached hydrogens (tertiary/aromatic N) is 2. The number of hydrogen-bond acceptors (Lipinski definition) is 2. The maximum Gasteiger partial charge on any atom is 0.0465 e. The fourth-order valence-electron chi connectivity index (χ4n) is 12.5. The molecule has 0 bridgehead atoms. The van der Waals surface area contributed by atoms with Crippen LogP contribution in [0.5, 0.6) is 0 Å². The van der Waals surface area contributed by atoms with Gasteiger partial charge in [0.1, 0.15) is 0 Å². The van der Waals surface area contributed by atoms with Crippen molar-refractivity contribution in [1.82, 2.24) is 0 Å². The second kappa shape index (κ2) is 20.6. The van der Waals surface area contributed by atoms with E-state index in [2.05, 4.69) is 297 Å². The number of fused-ring (bicyclic) bond motifs is 3. The van der Waals surface area contributed by atoms with Gasteiger partial charge in [0.05, 0.1) is 0 Å². The largest absolute Gasteiger partial charge is 0.311 e. The second-order valence-corrected chi connectivity index (χ2v) is 21.5. The Hall–Kier alpha value is -8.98. The van der Waals surface area contributed by atoms with Gasteiger partial charge in [0.15, 0.2) is 0 Å². The molecule has 2 aliphatic rings. The minimum absolute atomic E-state index is 0.113. The summed E-state index contributed by atoms with van der Waals surface area (Å²) in [5.41, 5.74) is 25.5. The van der Waals surface area contributed by atoms with Crippen LogP contribution in [0.25, 0.3) is 66.8 Å². The summed E-state index contributed by atoms with van der Waals surface area (Å²) >= 11 is 0. The summed E-state index contributed by atoms with van der Waals surface area (Å²) in [6.45, 7) is 4.76. The smallest absolute Gasteiger partial charge is 0.0465 e. The molecule has 13 rings (SSSR count). The average molecular weight is 991 g/mol. The molecule has 2 nitrogen and oxygen atoms in total. The highest BCUT2D eigenvalue weighted by Crippen LogP contribution is 2.51. The second-order valence-electron chi connectivity index (χ2n) is 21.5. The highest BCUT2D eigenvalue weighted by atomic mass is 15.1. The van der Waals surface area contributed by atoms with E-state index in [4.69, 9.17) is 0 Å². The predicted octanol–water partition coefficient (Wildman–Crippen LogP) is 21.3. The number of benzene rings is 11. The first-order chi connectivity index (χ1) is 37.9. The van der Waals surface area contributed by atoms with Crippen molar-refractivity contribution >= 4 is 34.1 Å². The minimum atomic E-state index is -0.113. The van der Waals surface area contributed by atoms with E-state index in [-0.39, 0.29) is 5.41 Å². The molecule has 0 aliphatic heterocycles. The Kier molecular flexibility index (Phi) is 12.8. The molecule has 372 valence electrons. The lowest BCUT2D eigenvalue weighted by Gasteiger charge is -2.29. The highest BCUT2D eigenvalue weighted by molar-refractivity contribution is 5.96. The first kappa shape index (κ1) is 47.7. The summed E-state index contributed by atoms with van der Waals surface area (Å²) in [4.78, 5) is 4.84. The molecule has 0 aromatic heterocycles. The standard InChI is InChI=1S/C75H62N2/c1-75(2)73-34-19-18-33-67(73)68-48-47-66(50-74(68)75)77(65-32-20-29-60(49-65)54-23-10-4-11-24-54)64-45-39-59(40-46-64)72-52-69(56-25-12-5-13-26-56)71(51-70(72)57-27-14-6-15-28-57)58-37-43-63(44-38-58)76(61-30-16-7-17-31-61)62-41-35-55(36-42-62)53-21-8-3-9-22-53/h3,5-9,12-22,25-52,54H,4,10-11,23-24H2,1-2H3. The zero-order chi connectivity index (χ0) is 51.7. The van der Waals surface area contributed by atoms with Crippen LogP contribution in [0.15, 0.2) is 273 Å². The van der Waals surface area contributed by atoms with Crippen molar-refractivity contribution in [3.63, 3.8) is 0 Å². The van der Waals surface area contributed by atoms with Crippen LogP contribution in [0.1, 0.15) is 68.6 Å². The fraction of sp³-hybridized carbons (Fsp3) is 0.120. The maximum absolute atomic E-state index is 2.49. The zero-order valence-corrected chi connectivity index (χ0v) is 44.0. The third kappa shape index (κ3) is 9.25. The molecule has 0 heterocycles. The van der Waals surface area contributed by atoms with Crippen LogP contribution in [0.2, 0.25) is 0 Å². The maximum atomic E-state index is 2.49. The quantitative estimate of drug-likeness (QED) is 0.120. The van der Waals surface area contributed by atoms with Gasteiger partial charge in [-0.2, -0.15) is 0 Å². The van der Waals surface area contributed by atoms with Gasteiger partial charge < -0.3 is 9.80 Å². The number of rotatable bonds is 12. The highest BCUT2D eigenvalue weighted by Gasteiger charge is 2.36. The molecule has 0 saturated heterocycles. The van der Waals surface area contributed by atoms with Gasteiger partial charge in [-0.05, 0) is 187 Å². The molecule has 2 aliphatic carbocycles. The van der Waals surface area contributed by atoms with E-state index in [1.54, 1.807) is 0 Å². The molecule has 0 radical (unpaired) electrons. The van der Waals surface area contributed by atoms with Crippen LogP contribution >= 0.6 is 0 Å². The summed E-state index contributed by atoms with van der Waals surface area (Å²) in [5.74, 6) is 0.602. The van der Waals surface area contributed by atoms with E-state index >= 15 is 0 Å². The van der Waals surface area contributed by atoms with Crippen molar-refractivity contribution in [2.75, 3.05) is 9.80 Å². The first-order valence-corrected chi connectivity index (χ1v) is 27.6. The number of hydrogen-bond donors (Lipinski definition) is 0. The minimum Gasteiger partial charge on any atom is -0.311 e. The van der Waals surface area contributed by atoms with Gasteiger partial charge in [0.25, 0.3) is 0 Å². The molecule has 0 unspecified atom stereocenters. The third-order valence-electron chi connectivity index (χ3n) is 16.5. The van der Waals surface area contributed by atoms with Gasteiger partial charge in [0, 0.05) is 39.5 Å². The molecule has 77 heavy (non-hydrogen) atoms. The lowest BCUT2D eigenvalue weighted by Crippen LogP contribution is -2.16. The molecular formula is C75H62N2. The Morgan fingerprint density at radius 1 is 0.273 bits per heavy atom. The van der Waals surface area contributed by atoms with Crippen LogP contribution < -0.4 is 9.80 Å². The molecule has 2 heteroatoms. The Balaban J connectivity index is 0.912. The lowest BCUT2D eigenvalue weighted by atomic mass is 9.82. The van der Waals surface area contributed by atoms with Crippen LogP contribution in [-0.2, 0) is 5.41 Å². The van der Waals surface area contributed by atoms with Crippen molar-refractivity contribution in [3.05, 3.63) is 290 Å². The molecule has 1 fully saturated rings. The average Bonchev–Trinajstić information content (AvgIpc) is 3.74. The van der Waals surface area contributed by atoms with E-state index in [1.807, 2.05) is 0 Å². The van der Waals surface area contributed by atoms with E-state index in [1.165, 1.54) is 121 Å². The SMILES string of the molecule is CC1(C)c2ccccc2-c2ccc(N(c3ccc(-c4cc(-c5ccccc5)c(-c5ccc(N(c6ccccc6)c6ccc(-c7ccccc7)cc6)cc5)cc4-c4ccccc4)cc3)c3cccc(C4CCCCC4)c3)cc21. The van der Waals surface area contributed by atoms with Crippen molar-refractivity contribution in [3.8, 4) is 66.8 Å². The van der Waals surface area contributed by atoms with Crippen molar-refractivity contribution in [2.45, 2.75) is 57.3 Å². The Bertz CT molecular complexity index is 3820. The van der Waals surface area contributed by atoms with Crippen LogP contribution in [-0.4, -0.2) is 0 Å². The van der Waals surface area contributed by atoms with E-state index in [0.29, 0.717) is 5.92 Å². The molecule has 0 amide bonds. The Morgan fingerprint density at radius 2 is 0.649 bits per heavy atom. The van der Waals surface area contributed by atoms with Gasteiger partial charge in [-0.25, -0.2) is 0 Å². The van der Waals surface area contributed by atoms with Crippen molar-refractivity contribution in [1.29, 1.82) is 0 Å². The molecule has 0 spiro atoms. The van der Waals surface area contributed by atoms with E-state index < -0.39 is 0 Å². The molecule has 11 aromatic carbocycles. The van der Waals surface area contributed by atoms with Crippen LogP contribution in [0.3, 0.4) is 0 Å². The van der Waals surface area contributed by atoms with Crippen molar-refractivity contribution < 1.29 is 0 Å². The fourth-order valence-corrected chi connectivity index (χ4v) is 12.5. The van der Waals surface area contributed by atoms with Gasteiger partial charge in [-0.15, -0.1) is 0 Å². The molecule has 1 saturated carbocycles. The number of anilines is 6. The van der Waals surface area contributed by atoms with Crippen molar-refractivity contribution in [2.24, 2.45) is 0 Å². The summed E-state index contributed by atoms with van der Waals surface area (Å²) in [6.07, 6.45) is 6.49. The first-order valence-electron chi connectivity index (χ1n) is 27.6. The molecule has 11 aromatic rings. The Labute approximate surface area is 455 Å². The zero-order valence-electron chi connectivity index (χ0n) is 44.0. The lowest BCUT2D eigenvalue weighted by molar-refractivity contribution is 0.443. The predicted molar refractivity (Wildman–Crippen MR) is 326 cm³/mol. The molecular weight excluding hydrogens is 929 g/mol. The molecule has 0 atom stereocenters. The summed E-state index contributed by atoms with van der Waals surface area (Å²) < 4.78 is 0. The summed E-state index contributed by atoms with van der Waals surface area (Å²) in [5, 5.41) is 0. The topological polar surface area (TPSA) is 6.48 Å². The van der Waals surface area contributed by atoms with Gasteiger partial charge in [0.2, 0.25) is 0 Å². The van der Waals surface area contributed by atoms with Gasteiger partial charge in [-0.1, -0.05) is 221 Å². The monoisotopic (exact) mass is 990 g/mol. The summed E-state index contributed by atoms with van der Waals surface area (Å²) in [7, 11) is 0. The normalized spacial score (nSPS) is 13.6. The van der Waals surface area contributed by atoms with E-state index in [9.17, 15) is 0 Å². The Morgan fingerprint density at radius 3 is 1.19 bits per heavy atom.